The molecule has 4 nitrogen and oxygen atoms in total. The van der Waals surface area contributed by atoms with Crippen molar-refractivity contribution in [3.05, 3.63) is 0 Å². The second-order valence-corrected chi connectivity index (χ2v) is 6.30. The van der Waals surface area contributed by atoms with Gasteiger partial charge in [0.1, 0.15) is 0 Å². The molecule has 0 aromatic carbocycles. The molecule has 4 atom stereocenters. The molecule has 2 fully saturated rings. The Hall–Kier alpha value is -0.610. The van der Waals surface area contributed by atoms with Crippen LogP contribution in [0.4, 0.5) is 0 Å². The maximum absolute atomic E-state index is 12.2. The molecule has 0 radical (unpaired) electrons. The van der Waals surface area contributed by atoms with Crippen molar-refractivity contribution in [1.29, 1.82) is 0 Å². The molecular formula is C15H28N2O2. The summed E-state index contributed by atoms with van der Waals surface area (Å²) in [5.74, 6) is 1.26. The van der Waals surface area contributed by atoms with Crippen LogP contribution in [0.2, 0.25) is 0 Å². The smallest absolute Gasteiger partial charge is 0.223 e. The molecule has 4 unspecified atom stereocenters. The zero-order valence-corrected chi connectivity index (χ0v) is 12.1. The van der Waals surface area contributed by atoms with Crippen LogP contribution in [-0.4, -0.2) is 31.7 Å². The Morgan fingerprint density at radius 2 is 2.21 bits per heavy atom. The lowest BCUT2D eigenvalue weighted by Crippen LogP contribution is -2.40. The van der Waals surface area contributed by atoms with E-state index in [2.05, 4.69) is 12.2 Å². The van der Waals surface area contributed by atoms with Crippen molar-refractivity contribution < 1.29 is 9.53 Å². The Bertz CT molecular complexity index is 290. The summed E-state index contributed by atoms with van der Waals surface area (Å²) in [6.45, 7) is 4.49. The average Bonchev–Trinajstić information content (AvgIpc) is 2.45. The van der Waals surface area contributed by atoms with Gasteiger partial charge in [0, 0.05) is 25.1 Å². The van der Waals surface area contributed by atoms with Crippen molar-refractivity contribution in [1.82, 2.24) is 5.32 Å². The van der Waals surface area contributed by atoms with E-state index in [9.17, 15) is 4.79 Å². The molecule has 0 spiro atoms. The van der Waals surface area contributed by atoms with Gasteiger partial charge in [0.15, 0.2) is 0 Å². The number of amides is 1. The Kier molecular flexibility index (Phi) is 5.64. The van der Waals surface area contributed by atoms with Crippen molar-refractivity contribution in [3.63, 3.8) is 0 Å². The third-order valence-corrected chi connectivity index (χ3v) is 4.70. The van der Waals surface area contributed by atoms with Gasteiger partial charge in [-0.1, -0.05) is 13.3 Å². The first kappa shape index (κ1) is 14.8. The summed E-state index contributed by atoms with van der Waals surface area (Å²) in [5, 5.41) is 3.10. The average molecular weight is 268 g/mol. The van der Waals surface area contributed by atoms with Gasteiger partial charge in [0.2, 0.25) is 5.91 Å². The SMILES string of the molecule is CC(C(=O)NCC1CCCOC1)C1CCCC(N)C1. The van der Waals surface area contributed by atoms with Gasteiger partial charge in [0.25, 0.3) is 0 Å². The molecule has 1 aliphatic heterocycles. The molecule has 19 heavy (non-hydrogen) atoms. The lowest BCUT2D eigenvalue weighted by molar-refractivity contribution is -0.126. The Labute approximate surface area is 116 Å². The van der Waals surface area contributed by atoms with Gasteiger partial charge in [-0.2, -0.15) is 0 Å². The molecule has 1 saturated carbocycles. The van der Waals surface area contributed by atoms with Crippen molar-refractivity contribution in [2.45, 2.75) is 51.5 Å². The zero-order valence-electron chi connectivity index (χ0n) is 12.1. The van der Waals surface area contributed by atoms with Crippen molar-refractivity contribution in [2.75, 3.05) is 19.8 Å². The predicted molar refractivity (Wildman–Crippen MR) is 75.7 cm³/mol. The van der Waals surface area contributed by atoms with Crippen LogP contribution >= 0.6 is 0 Å². The number of carbonyl (C=O) groups is 1. The van der Waals surface area contributed by atoms with Crippen LogP contribution in [0.3, 0.4) is 0 Å². The molecule has 3 N–H and O–H groups in total. The zero-order chi connectivity index (χ0) is 13.7. The van der Waals surface area contributed by atoms with E-state index in [-0.39, 0.29) is 11.8 Å². The molecular weight excluding hydrogens is 240 g/mol. The number of carbonyl (C=O) groups excluding carboxylic acids is 1. The lowest BCUT2D eigenvalue weighted by Gasteiger charge is -2.31. The van der Waals surface area contributed by atoms with Crippen LogP contribution in [0.5, 0.6) is 0 Å². The number of rotatable bonds is 4. The van der Waals surface area contributed by atoms with Crippen molar-refractivity contribution in [3.8, 4) is 0 Å². The number of ether oxygens (including phenoxy) is 1. The van der Waals surface area contributed by atoms with E-state index in [4.69, 9.17) is 10.5 Å². The quantitative estimate of drug-likeness (QED) is 0.815. The maximum atomic E-state index is 12.2. The topological polar surface area (TPSA) is 64.3 Å². The van der Waals surface area contributed by atoms with Gasteiger partial charge in [-0.05, 0) is 43.9 Å². The second-order valence-electron chi connectivity index (χ2n) is 6.30. The minimum atomic E-state index is 0.0934. The third kappa shape index (κ3) is 4.46. The summed E-state index contributed by atoms with van der Waals surface area (Å²) in [6, 6.07) is 0.292. The fourth-order valence-corrected chi connectivity index (χ4v) is 3.31. The van der Waals surface area contributed by atoms with Crippen LogP contribution in [0.15, 0.2) is 0 Å². The number of nitrogens with one attached hydrogen (secondary N) is 1. The van der Waals surface area contributed by atoms with Gasteiger partial charge in [-0.3, -0.25) is 4.79 Å². The van der Waals surface area contributed by atoms with Gasteiger partial charge in [0.05, 0.1) is 6.61 Å². The second kappa shape index (κ2) is 7.25. The molecule has 1 saturated heterocycles. The molecule has 1 heterocycles. The van der Waals surface area contributed by atoms with Crippen LogP contribution < -0.4 is 11.1 Å². The summed E-state index contributed by atoms with van der Waals surface area (Å²) in [4.78, 5) is 12.2. The standard InChI is InChI=1S/C15H28N2O2/c1-11(13-5-2-6-14(16)8-13)15(18)17-9-12-4-3-7-19-10-12/h11-14H,2-10,16H2,1H3,(H,17,18). The summed E-state index contributed by atoms with van der Waals surface area (Å²) in [5.41, 5.74) is 6.01. The summed E-state index contributed by atoms with van der Waals surface area (Å²) < 4.78 is 5.44. The highest BCUT2D eigenvalue weighted by atomic mass is 16.5. The van der Waals surface area contributed by atoms with Crippen LogP contribution in [0, 0.1) is 17.8 Å². The largest absolute Gasteiger partial charge is 0.381 e. The first-order chi connectivity index (χ1) is 9.16. The molecule has 2 aliphatic rings. The fourth-order valence-electron chi connectivity index (χ4n) is 3.31. The highest BCUT2D eigenvalue weighted by molar-refractivity contribution is 5.78. The molecule has 110 valence electrons. The van der Waals surface area contributed by atoms with Crippen molar-refractivity contribution >= 4 is 5.91 Å². The van der Waals surface area contributed by atoms with Gasteiger partial charge >= 0.3 is 0 Å². The molecule has 0 bridgehead atoms. The monoisotopic (exact) mass is 268 g/mol. The summed E-state index contributed by atoms with van der Waals surface area (Å²) >= 11 is 0. The van der Waals surface area contributed by atoms with Gasteiger partial charge in [-0.15, -0.1) is 0 Å². The first-order valence-corrected chi connectivity index (χ1v) is 7.78. The number of hydrogen-bond donors (Lipinski definition) is 2. The number of nitrogens with two attached hydrogens (primary N) is 1. The van der Waals surface area contributed by atoms with Crippen molar-refractivity contribution in [2.24, 2.45) is 23.5 Å². The molecule has 4 heteroatoms. The highest BCUT2D eigenvalue weighted by Gasteiger charge is 2.28. The first-order valence-electron chi connectivity index (χ1n) is 7.78. The molecule has 0 aromatic heterocycles. The van der Waals surface area contributed by atoms with E-state index in [1.54, 1.807) is 0 Å². The van der Waals surface area contributed by atoms with Crippen LogP contribution in [-0.2, 0) is 9.53 Å². The normalized spacial score (nSPS) is 33.7. The molecule has 0 aromatic rings. The molecule has 1 amide bonds. The molecule has 1 aliphatic carbocycles. The van der Waals surface area contributed by atoms with E-state index < -0.39 is 0 Å². The van der Waals surface area contributed by atoms with E-state index in [0.717, 1.165) is 45.4 Å². The predicted octanol–water partition coefficient (Wildman–Crippen LogP) is 1.68. The summed E-state index contributed by atoms with van der Waals surface area (Å²) in [6.07, 6.45) is 6.72. The molecule has 2 rings (SSSR count). The van der Waals surface area contributed by atoms with E-state index >= 15 is 0 Å². The van der Waals surface area contributed by atoms with E-state index in [0.29, 0.717) is 17.9 Å². The van der Waals surface area contributed by atoms with E-state index in [1.807, 2.05) is 0 Å². The number of hydrogen-bond acceptors (Lipinski definition) is 3. The Morgan fingerprint density at radius 1 is 1.37 bits per heavy atom. The maximum Gasteiger partial charge on any atom is 0.223 e. The summed E-state index contributed by atoms with van der Waals surface area (Å²) in [7, 11) is 0. The van der Waals surface area contributed by atoms with Crippen LogP contribution in [0.25, 0.3) is 0 Å². The minimum absolute atomic E-state index is 0.0934. The third-order valence-electron chi connectivity index (χ3n) is 4.70. The van der Waals surface area contributed by atoms with E-state index in [1.165, 1.54) is 12.8 Å². The fraction of sp³-hybridized carbons (Fsp3) is 0.933. The Balaban J connectivity index is 1.72. The van der Waals surface area contributed by atoms with Crippen LogP contribution in [0.1, 0.15) is 45.4 Å². The van der Waals surface area contributed by atoms with Gasteiger partial charge < -0.3 is 15.8 Å². The minimum Gasteiger partial charge on any atom is -0.381 e. The van der Waals surface area contributed by atoms with Gasteiger partial charge in [-0.25, -0.2) is 0 Å². The highest BCUT2D eigenvalue weighted by Crippen LogP contribution is 2.29. The Morgan fingerprint density at radius 3 is 2.89 bits per heavy atom. The lowest BCUT2D eigenvalue weighted by atomic mass is 9.78.